The van der Waals surface area contributed by atoms with Crippen LogP contribution in [0.4, 0.5) is 24.0 Å². The molecule has 0 radical (unpaired) electrons. The quantitative estimate of drug-likeness (QED) is 0.0835. The standard InChI is InChI=1S/C34H34O27/c1-9-20(57-30(41)42)24(59-32(45)46)26(61-34(49)50)28(52-9)51-8-17-22(58-31(43)44)25(60-33(47)48)27(53-10(2)35)29(55-17)56-23-19(40)18-15(39)6-12(36)7-16(18)54-21(23)11-3-4-13(37)14(38)5-11/h3-7,9,17,20-29,36-39H,8H2,1-2H3,(H,41,42)(H,43,44)(H,45,46)(H,47,48)(H,49,50)/t9?,17-,20?,21?,22?,23?,24-,25+,26-,27?,28+,29+/m1/s1. The molecule has 0 spiro atoms. The molecule has 3 aliphatic rings. The van der Waals surface area contributed by atoms with Crippen LogP contribution in [0.5, 0.6) is 28.7 Å². The van der Waals surface area contributed by atoms with Crippen LogP contribution in [0.25, 0.3) is 0 Å². The molecule has 0 saturated carbocycles. The van der Waals surface area contributed by atoms with Crippen LogP contribution in [0, 0.1) is 0 Å². The van der Waals surface area contributed by atoms with Gasteiger partial charge >= 0.3 is 36.7 Å². The monoisotopic (exact) mass is 874 g/mol. The predicted octanol–water partition coefficient (Wildman–Crippen LogP) is 1.94. The summed E-state index contributed by atoms with van der Waals surface area (Å²) >= 11 is 0. The number of fused-ring (bicyclic) bond motifs is 1. The Kier molecular flexibility index (Phi) is 13.5. The number of carbonyl (C=O) groups excluding carboxylic acids is 2. The van der Waals surface area contributed by atoms with Crippen molar-refractivity contribution in [1.29, 1.82) is 0 Å². The summed E-state index contributed by atoms with van der Waals surface area (Å²) in [5, 5.41) is 88.5. The molecule has 0 aliphatic carbocycles. The smallest absolute Gasteiger partial charge is 0.506 e. The van der Waals surface area contributed by atoms with E-state index in [1.165, 1.54) is 0 Å². The molecule has 332 valence electrons. The number of hydrogen-bond acceptors (Lipinski definition) is 22. The highest BCUT2D eigenvalue weighted by Gasteiger charge is 2.57. The lowest BCUT2D eigenvalue weighted by Crippen LogP contribution is -2.65. The normalized spacial score (nSPS) is 29.4. The van der Waals surface area contributed by atoms with Crippen molar-refractivity contribution in [3.8, 4) is 28.7 Å². The zero-order valence-electron chi connectivity index (χ0n) is 30.9. The Balaban J connectivity index is 1.58. The zero-order valence-corrected chi connectivity index (χ0v) is 30.9. The molecule has 27 nitrogen and oxygen atoms in total. The minimum atomic E-state index is -2.29. The number of phenolic OH excluding ortho intramolecular Hbond substituents is 4. The molecule has 3 aliphatic heterocycles. The molecule has 9 N–H and O–H groups in total. The topological polar surface area (TPSA) is 403 Å². The van der Waals surface area contributed by atoms with Gasteiger partial charge in [0.1, 0.15) is 28.9 Å². The molecule has 2 aromatic carbocycles. The van der Waals surface area contributed by atoms with Gasteiger partial charge in [0.05, 0.1) is 12.7 Å². The maximum atomic E-state index is 14.2. The highest BCUT2D eigenvalue weighted by molar-refractivity contribution is 6.05. The van der Waals surface area contributed by atoms with Crippen molar-refractivity contribution in [2.24, 2.45) is 0 Å². The number of rotatable bonds is 12. The van der Waals surface area contributed by atoms with Crippen molar-refractivity contribution in [1.82, 2.24) is 0 Å². The molecule has 12 atom stereocenters. The van der Waals surface area contributed by atoms with Crippen molar-refractivity contribution >= 4 is 42.5 Å². The predicted molar refractivity (Wildman–Crippen MR) is 181 cm³/mol. The Labute approximate surface area is 338 Å². The lowest BCUT2D eigenvalue weighted by molar-refractivity contribution is -0.334. The van der Waals surface area contributed by atoms with E-state index in [-0.39, 0.29) is 5.56 Å². The first-order valence-corrected chi connectivity index (χ1v) is 17.2. The Morgan fingerprint density at radius 2 is 1.16 bits per heavy atom. The number of benzene rings is 2. The Morgan fingerprint density at radius 3 is 1.74 bits per heavy atom. The van der Waals surface area contributed by atoms with Crippen LogP contribution in [0.1, 0.15) is 35.9 Å². The lowest BCUT2D eigenvalue weighted by atomic mass is 9.92. The molecule has 2 aromatic rings. The van der Waals surface area contributed by atoms with E-state index in [9.17, 15) is 79.5 Å². The number of carbonyl (C=O) groups is 7. The maximum absolute atomic E-state index is 14.2. The van der Waals surface area contributed by atoms with E-state index in [4.69, 9.17) is 47.4 Å². The molecule has 0 aromatic heterocycles. The third-order valence-electron chi connectivity index (χ3n) is 8.94. The lowest BCUT2D eigenvalue weighted by Gasteiger charge is -2.46. The summed E-state index contributed by atoms with van der Waals surface area (Å²) in [6.07, 6.45) is -35.0. The fourth-order valence-electron chi connectivity index (χ4n) is 6.66. The van der Waals surface area contributed by atoms with Gasteiger partial charge in [0.15, 0.2) is 72.9 Å². The van der Waals surface area contributed by atoms with Gasteiger partial charge in [-0.25, -0.2) is 24.0 Å². The first kappa shape index (κ1) is 44.9. The molecule has 0 bridgehead atoms. The minimum Gasteiger partial charge on any atom is -0.508 e. The third kappa shape index (κ3) is 10.3. The molecule has 0 amide bonds. The molecule has 3 heterocycles. The number of Topliss-reactive ketones (excluding diaryl/α,β-unsaturated/α-hetero) is 1. The van der Waals surface area contributed by atoms with Crippen LogP contribution in [-0.2, 0) is 52.2 Å². The van der Waals surface area contributed by atoms with Gasteiger partial charge in [-0.3, -0.25) is 9.59 Å². The molecule has 2 saturated heterocycles. The molecule has 5 rings (SSSR count). The number of ketones is 1. The van der Waals surface area contributed by atoms with Gasteiger partial charge in [0.2, 0.25) is 5.78 Å². The summed E-state index contributed by atoms with van der Waals surface area (Å²) in [5.74, 6) is -5.52. The van der Waals surface area contributed by atoms with Crippen molar-refractivity contribution in [3.05, 3.63) is 41.5 Å². The molecule has 2 fully saturated rings. The SMILES string of the molecule is CC(=O)OC1[C@H](OC2C(=O)c3c(O)cc(O)cc3OC2c2ccc(O)c(O)c2)O[C@H](CO[C@H]2OC(C)C(OC(=O)O)[C@@H](OC(=O)O)[C@H]2OC(=O)O)C(OC(=O)O)[C@@H]1OC(=O)O. The third-order valence-corrected chi connectivity index (χ3v) is 8.94. The minimum absolute atomic E-state index is 0.122. The van der Waals surface area contributed by atoms with Crippen LogP contribution in [0.3, 0.4) is 0 Å². The van der Waals surface area contributed by atoms with Crippen LogP contribution < -0.4 is 4.74 Å². The van der Waals surface area contributed by atoms with Gasteiger partial charge < -0.3 is 98.1 Å². The molecule has 6 unspecified atom stereocenters. The van der Waals surface area contributed by atoms with Crippen LogP contribution in [-0.4, -0.2) is 163 Å². The fraction of sp³-hybridized carbons (Fsp3) is 0.441. The van der Waals surface area contributed by atoms with Gasteiger partial charge in [0, 0.05) is 19.1 Å². The summed E-state index contributed by atoms with van der Waals surface area (Å²) in [5.41, 5.74) is -0.716. The Bertz CT molecular complexity index is 2030. The molecule has 61 heavy (non-hydrogen) atoms. The average Bonchev–Trinajstić information content (AvgIpc) is 3.13. The number of esters is 1. The van der Waals surface area contributed by atoms with Crippen molar-refractivity contribution in [3.63, 3.8) is 0 Å². The summed E-state index contributed by atoms with van der Waals surface area (Å²) in [7, 11) is 0. The van der Waals surface area contributed by atoms with Crippen molar-refractivity contribution < 1.29 is 132 Å². The summed E-state index contributed by atoms with van der Waals surface area (Å²) in [6.45, 7) is 0.816. The first-order valence-electron chi connectivity index (χ1n) is 17.2. The van der Waals surface area contributed by atoms with E-state index in [0.717, 1.165) is 44.2 Å². The largest absolute Gasteiger partial charge is 0.508 e. The molecule has 27 heteroatoms. The maximum Gasteiger partial charge on any atom is 0.506 e. The molecular weight excluding hydrogens is 840 g/mol. The van der Waals surface area contributed by atoms with E-state index in [0.29, 0.717) is 0 Å². The van der Waals surface area contributed by atoms with E-state index in [2.05, 4.69) is 4.74 Å². The summed E-state index contributed by atoms with van der Waals surface area (Å²) in [4.78, 5) is 85.4. The highest BCUT2D eigenvalue weighted by atomic mass is 16.8. The van der Waals surface area contributed by atoms with Crippen LogP contribution >= 0.6 is 0 Å². The highest BCUT2D eigenvalue weighted by Crippen LogP contribution is 2.45. The van der Waals surface area contributed by atoms with Gasteiger partial charge in [-0.05, 0) is 24.6 Å². The van der Waals surface area contributed by atoms with E-state index in [1.54, 1.807) is 0 Å². The first-order chi connectivity index (χ1) is 28.6. The van der Waals surface area contributed by atoms with E-state index < -0.39 is 157 Å². The second kappa shape index (κ2) is 18.4. The number of aromatic hydroxyl groups is 4. The van der Waals surface area contributed by atoms with Gasteiger partial charge in [-0.15, -0.1) is 0 Å². The van der Waals surface area contributed by atoms with Crippen LogP contribution in [0.2, 0.25) is 0 Å². The van der Waals surface area contributed by atoms with Crippen molar-refractivity contribution in [2.75, 3.05) is 6.61 Å². The Hall–Kier alpha value is -7.23. The second-order valence-electron chi connectivity index (χ2n) is 12.9. The van der Waals surface area contributed by atoms with E-state index in [1.807, 2.05) is 0 Å². The van der Waals surface area contributed by atoms with Crippen LogP contribution in [0.15, 0.2) is 30.3 Å². The summed E-state index contributed by atoms with van der Waals surface area (Å²) < 4.78 is 58.2. The zero-order chi connectivity index (χ0) is 45.0. The summed E-state index contributed by atoms with van der Waals surface area (Å²) in [6, 6.07) is 4.77. The number of phenols is 4. The van der Waals surface area contributed by atoms with E-state index >= 15 is 0 Å². The average molecular weight is 875 g/mol. The van der Waals surface area contributed by atoms with Crippen molar-refractivity contribution in [2.45, 2.75) is 87.5 Å². The number of ether oxygens (including phenoxy) is 11. The second-order valence-corrected chi connectivity index (χ2v) is 12.9. The molecular formula is C34H34O27. The van der Waals surface area contributed by atoms with Gasteiger partial charge in [-0.1, -0.05) is 6.07 Å². The number of carboxylic acid groups (broad SMARTS) is 5. The fourth-order valence-corrected chi connectivity index (χ4v) is 6.66. The van der Waals surface area contributed by atoms with Gasteiger partial charge in [0.25, 0.3) is 0 Å². The Morgan fingerprint density at radius 1 is 0.623 bits per heavy atom. The van der Waals surface area contributed by atoms with Gasteiger partial charge in [-0.2, -0.15) is 0 Å². The number of hydrogen-bond donors (Lipinski definition) is 9.